The quantitative estimate of drug-likeness (QED) is 0.511. The Morgan fingerprint density at radius 2 is 1.30 bits per heavy atom. The zero-order chi connectivity index (χ0) is 21.3. The lowest BCUT2D eigenvalue weighted by Crippen LogP contribution is -2.41. The molecule has 0 saturated heterocycles. The van der Waals surface area contributed by atoms with Gasteiger partial charge in [0.15, 0.2) is 5.78 Å². The van der Waals surface area contributed by atoms with Gasteiger partial charge in [-0.05, 0) is 61.4 Å². The van der Waals surface area contributed by atoms with Crippen molar-refractivity contribution in [3.05, 3.63) is 89.0 Å². The minimum Gasteiger partial charge on any atom is -0.491 e. The molecule has 0 fully saturated rings. The fourth-order valence-corrected chi connectivity index (χ4v) is 3.38. The first-order valence-electron chi connectivity index (χ1n) is 9.59. The van der Waals surface area contributed by atoms with Crippen molar-refractivity contribution in [2.45, 2.75) is 20.0 Å². The lowest BCUT2D eigenvalue weighted by molar-refractivity contribution is 0.0846. The van der Waals surface area contributed by atoms with Crippen molar-refractivity contribution >= 4 is 17.6 Å². The average Bonchev–Trinajstić information content (AvgIpc) is 3.04. The van der Waals surface area contributed by atoms with Crippen molar-refractivity contribution in [3.63, 3.8) is 0 Å². The van der Waals surface area contributed by atoms with Crippen molar-refractivity contribution in [2.75, 3.05) is 0 Å². The van der Waals surface area contributed by atoms with Gasteiger partial charge in [0.05, 0.1) is 6.10 Å². The molecule has 0 saturated carbocycles. The van der Waals surface area contributed by atoms with Crippen LogP contribution in [0.4, 0.5) is 0 Å². The molecule has 0 heterocycles. The van der Waals surface area contributed by atoms with Crippen LogP contribution in [-0.2, 0) is 0 Å². The van der Waals surface area contributed by atoms with E-state index in [4.69, 9.17) is 4.74 Å². The molecule has 0 atom stereocenters. The van der Waals surface area contributed by atoms with E-state index in [-0.39, 0.29) is 17.5 Å². The average molecular weight is 400 g/mol. The molecule has 150 valence electrons. The van der Waals surface area contributed by atoms with E-state index in [9.17, 15) is 14.4 Å². The smallest absolute Gasteiger partial charge is 0.269 e. The highest BCUT2D eigenvalue weighted by Crippen LogP contribution is 2.36. The lowest BCUT2D eigenvalue weighted by Gasteiger charge is -2.11. The number of ether oxygens (including phenoxy) is 1. The van der Waals surface area contributed by atoms with Crippen molar-refractivity contribution < 1.29 is 19.1 Å². The molecule has 2 N–H and O–H groups in total. The molecule has 3 aromatic carbocycles. The number of fused-ring (bicyclic) bond motifs is 3. The zero-order valence-corrected chi connectivity index (χ0v) is 16.6. The van der Waals surface area contributed by atoms with Crippen molar-refractivity contribution in [1.82, 2.24) is 10.9 Å². The van der Waals surface area contributed by atoms with Gasteiger partial charge in [-0.2, -0.15) is 0 Å². The summed E-state index contributed by atoms with van der Waals surface area (Å²) < 4.78 is 5.54. The summed E-state index contributed by atoms with van der Waals surface area (Å²) >= 11 is 0. The number of ketones is 1. The van der Waals surface area contributed by atoms with E-state index in [2.05, 4.69) is 10.9 Å². The number of benzene rings is 3. The van der Waals surface area contributed by atoms with E-state index in [1.807, 2.05) is 32.0 Å². The lowest BCUT2D eigenvalue weighted by atomic mass is 10.0. The van der Waals surface area contributed by atoms with Crippen LogP contribution in [0.15, 0.2) is 66.7 Å². The van der Waals surface area contributed by atoms with Gasteiger partial charge in [-0.25, -0.2) is 0 Å². The molecule has 6 nitrogen and oxygen atoms in total. The third-order valence-electron chi connectivity index (χ3n) is 4.77. The fraction of sp³-hybridized carbons (Fsp3) is 0.125. The van der Waals surface area contributed by atoms with Crippen molar-refractivity contribution in [2.24, 2.45) is 0 Å². The van der Waals surface area contributed by atoms with Gasteiger partial charge in [0.2, 0.25) is 0 Å². The predicted molar refractivity (Wildman–Crippen MR) is 112 cm³/mol. The summed E-state index contributed by atoms with van der Waals surface area (Å²) in [6.45, 7) is 3.84. The van der Waals surface area contributed by atoms with Gasteiger partial charge in [0, 0.05) is 22.3 Å². The van der Waals surface area contributed by atoms with Crippen LogP contribution >= 0.6 is 0 Å². The Morgan fingerprint density at radius 1 is 0.733 bits per heavy atom. The van der Waals surface area contributed by atoms with E-state index >= 15 is 0 Å². The monoisotopic (exact) mass is 400 g/mol. The van der Waals surface area contributed by atoms with Crippen molar-refractivity contribution in [1.29, 1.82) is 0 Å². The number of amides is 2. The minimum absolute atomic E-state index is 0.0379. The van der Waals surface area contributed by atoms with Gasteiger partial charge in [-0.3, -0.25) is 25.2 Å². The molecule has 4 rings (SSSR count). The third kappa shape index (κ3) is 3.67. The van der Waals surface area contributed by atoms with Gasteiger partial charge in [0.25, 0.3) is 11.8 Å². The Hall–Kier alpha value is -3.93. The maximum absolute atomic E-state index is 12.6. The Bertz CT molecular complexity index is 1150. The normalized spacial score (nSPS) is 11.6. The van der Waals surface area contributed by atoms with E-state index in [1.165, 1.54) is 0 Å². The molecule has 0 bridgehead atoms. The Kier molecular flexibility index (Phi) is 5.06. The number of nitrogens with one attached hydrogen (secondary N) is 2. The summed E-state index contributed by atoms with van der Waals surface area (Å²) in [6.07, 6.45) is 0.0379. The molecule has 2 amide bonds. The molecule has 3 aromatic rings. The Balaban J connectivity index is 1.43. The molecule has 0 radical (unpaired) electrons. The Labute approximate surface area is 173 Å². The fourth-order valence-electron chi connectivity index (χ4n) is 3.38. The number of hydrogen-bond acceptors (Lipinski definition) is 4. The summed E-state index contributed by atoms with van der Waals surface area (Å²) in [5.41, 5.74) is 8.23. The van der Waals surface area contributed by atoms with Crippen LogP contribution in [-0.4, -0.2) is 23.7 Å². The van der Waals surface area contributed by atoms with Crippen LogP contribution in [0.1, 0.15) is 50.5 Å². The highest BCUT2D eigenvalue weighted by atomic mass is 16.5. The van der Waals surface area contributed by atoms with E-state index in [0.29, 0.717) is 22.4 Å². The van der Waals surface area contributed by atoms with Gasteiger partial charge >= 0.3 is 0 Å². The maximum Gasteiger partial charge on any atom is 0.269 e. The van der Waals surface area contributed by atoms with Crippen LogP contribution in [0.2, 0.25) is 0 Å². The highest BCUT2D eigenvalue weighted by Gasteiger charge is 2.27. The number of carbonyl (C=O) groups is 3. The molecule has 0 unspecified atom stereocenters. The summed E-state index contributed by atoms with van der Waals surface area (Å²) in [5.74, 6) is -0.406. The first-order chi connectivity index (χ1) is 14.4. The standard InChI is InChI=1S/C24H20N2O4/c1-14(2)30-17-10-7-15(8-11-17)23(28)25-26-24(29)16-9-12-19-18-5-3-4-6-20(18)22(27)21(19)13-16/h3-14H,1-2H3,(H,25,28)(H,26,29). The van der Waals surface area contributed by atoms with E-state index in [1.54, 1.807) is 48.5 Å². The molecular weight excluding hydrogens is 380 g/mol. The molecular formula is C24H20N2O4. The van der Waals surface area contributed by atoms with E-state index < -0.39 is 11.8 Å². The van der Waals surface area contributed by atoms with Crippen LogP contribution in [0, 0.1) is 0 Å². The Morgan fingerprint density at radius 3 is 1.97 bits per heavy atom. The van der Waals surface area contributed by atoms with Crippen LogP contribution in [0.25, 0.3) is 11.1 Å². The molecule has 1 aliphatic carbocycles. The highest BCUT2D eigenvalue weighted by molar-refractivity contribution is 6.22. The number of hydrazine groups is 1. The summed E-state index contributed by atoms with van der Waals surface area (Å²) in [4.78, 5) is 37.4. The predicted octanol–water partition coefficient (Wildman–Crippen LogP) is 3.76. The molecule has 0 aromatic heterocycles. The largest absolute Gasteiger partial charge is 0.491 e. The molecule has 30 heavy (non-hydrogen) atoms. The summed E-state index contributed by atoms with van der Waals surface area (Å²) in [7, 11) is 0. The first kappa shape index (κ1) is 19.4. The maximum atomic E-state index is 12.6. The van der Waals surface area contributed by atoms with Gasteiger partial charge in [-0.15, -0.1) is 0 Å². The number of rotatable bonds is 4. The van der Waals surface area contributed by atoms with Gasteiger partial charge < -0.3 is 4.74 Å². The second-order valence-corrected chi connectivity index (χ2v) is 7.23. The molecule has 0 spiro atoms. The molecule has 1 aliphatic rings. The number of carbonyl (C=O) groups excluding carboxylic acids is 3. The second kappa shape index (κ2) is 7.83. The first-order valence-corrected chi connectivity index (χ1v) is 9.59. The minimum atomic E-state index is -0.505. The molecule has 0 aliphatic heterocycles. The summed E-state index contributed by atoms with van der Waals surface area (Å²) in [5, 5.41) is 0. The molecule has 6 heteroatoms. The second-order valence-electron chi connectivity index (χ2n) is 7.23. The topological polar surface area (TPSA) is 84.5 Å². The SMILES string of the molecule is CC(C)Oc1ccc(C(=O)NNC(=O)c2ccc3c(c2)C(=O)c2ccccc2-3)cc1. The summed E-state index contributed by atoms with van der Waals surface area (Å²) in [6, 6.07) is 18.9. The number of hydrogen-bond donors (Lipinski definition) is 2. The van der Waals surface area contributed by atoms with Gasteiger partial charge in [0.1, 0.15) is 5.75 Å². The third-order valence-corrected chi connectivity index (χ3v) is 4.77. The van der Waals surface area contributed by atoms with Gasteiger partial charge in [-0.1, -0.05) is 30.3 Å². The zero-order valence-electron chi connectivity index (χ0n) is 16.6. The van der Waals surface area contributed by atoms with Crippen molar-refractivity contribution in [3.8, 4) is 16.9 Å². The van der Waals surface area contributed by atoms with E-state index in [0.717, 1.165) is 11.1 Å². The van der Waals surface area contributed by atoms with Crippen LogP contribution < -0.4 is 15.6 Å². The van der Waals surface area contributed by atoms with Crippen LogP contribution in [0.5, 0.6) is 5.75 Å². The van der Waals surface area contributed by atoms with Crippen LogP contribution in [0.3, 0.4) is 0 Å².